The number of fused-ring (bicyclic) bond motifs is 3. The normalized spacial score (nSPS) is 16.3. The number of rotatable bonds is 2. The van der Waals surface area contributed by atoms with Gasteiger partial charge < -0.3 is 9.88 Å². The summed E-state index contributed by atoms with van der Waals surface area (Å²) in [7, 11) is 3.77. The Hall–Kier alpha value is -2.37. The zero-order valence-electron chi connectivity index (χ0n) is 13.5. The SMILES string of the molecule is CNc1ccnc2c1c1ncn(C3CCCCC3)c(=O)c1n2C. The van der Waals surface area contributed by atoms with Crippen LogP contribution in [0.25, 0.3) is 22.1 Å². The van der Waals surface area contributed by atoms with Crippen molar-refractivity contribution >= 4 is 27.8 Å². The summed E-state index contributed by atoms with van der Waals surface area (Å²) in [4.78, 5) is 22.2. The molecule has 0 saturated heterocycles. The zero-order valence-corrected chi connectivity index (χ0v) is 13.5. The highest BCUT2D eigenvalue weighted by atomic mass is 16.1. The topological polar surface area (TPSA) is 64.7 Å². The average Bonchev–Trinajstić information content (AvgIpc) is 2.90. The lowest BCUT2D eigenvalue weighted by Crippen LogP contribution is -2.27. The Kier molecular flexibility index (Phi) is 3.32. The summed E-state index contributed by atoms with van der Waals surface area (Å²) in [6, 6.07) is 2.19. The van der Waals surface area contributed by atoms with Gasteiger partial charge in [0.25, 0.3) is 5.56 Å². The number of nitrogens with one attached hydrogen (secondary N) is 1. The minimum Gasteiger partial charge on any atom is -0.387 e. The summed E-state index contributed by atoms with van der Waals surface area (Å²) in [5.74, 6) is 0. The fourth-order valence-electron chi connectivity index (χ4n) is 3.81. The lowest BCUT2D eigenvalue weighted by atomic mass is 9.95. The van der Waals surface area contributed by atoms with Crippen LogP contribution in [0.15, 0.2) is 23.4 Å². The van der Waals surface area contributed by atoms with Crippen molar-refractivity contribution in [3.8, 4) is 0 Å². The maximum absolute atomic E-state index is 13.1. The van der Waals surface area contributed by atoms with Crippen LogP contribution < -0.4 is 10.9 Å². The fourth-order valence-corrected chi connectivity index (χ4v) is 3.81. The number of anilines is 1. The molecule has 120 valence electrons. The van der Waals surface area contributed by atoms with Crippen molar-refractivity contribution in [1.29, 1.82) is 0 Å². The molecule has 0 aliphatic heterocycles. The van der Waals surface area contributed by atoms with Gasteiger partial charge in [0.1, 0.15) is 16.7 Å². The first kappa shape index (κ1) is 14.2. The van der Waals surface area contributed by atoms with Gasteiger partial charge in [-0.25, -0.2) is 9.97 Å². The molecule has 0 unspecified atom stereocenters. The second-order valence-electron chi connectivity index (χ2n) is 6.31. The largest absolute Gasteiger partial charge is 0.387 e. The van der Waals surface area contributed by atoms with Gasteiger partial charge in [-0.15, -0.1) is 0 Å². The van der Waals surface area contributed by atoms with E-state index in [1.807, 2.05) is 29.3 Å². The lowest BCUT2D eigenvalue weighted by molar-refractivity contribution is 0.344. The van der Waals surface area contributed by atoms with Gasteiger partial charge in [0.2, 0.25) is 0 Å². The molecule has 1 N–H and O–H groups in total. The van der Waals surface area contributed by atoms with Crippen LogP contribution in [0.3, 0.4) is 0 Å². The summed E-state index contributed by atoms with van der Waals surface area (Å²) in [5.41, 5.74) is 3.16. The molecule has 0 radical (unpaired) electrons. The van der Waals surface area contributed by atoms with Gasteiger partial charge in [0, 0.05) is 32.0 Å². The Morgan fingerprint density at radius 2 is 2.00 bits per heavy atom. The first-order valence-corrected chi connectivity index (χ1v) is 8.24. The molecule has 1 aliphatic rings. The number of aromatic nitrogens is 4. The van der Waals surface area contributed by atoms with Gasteiger partial charge >= 0.3 is 0 Å². The Labute approximate surface area is 134 Å². The quantitative estimate of drug-likeness (QED) is 0.790. The highest BCUT2D eigenvalue weighted by molar-refractivity contribution is 6.10. The summed E-state index contributed by atoms with van der Waals surface area (Å²) in [6.07, 6.45) is 9.27. The van der Waals surface area contributed by atoms with Gasteiger partial charge in [0.05, 0.1) is 11.7 Å². The third-order valence-corrected chi connectivity index (χ3v) is 5.03. The minimum absolute atomic E-state index is 0.0458. The molecule has 0 spiro atoms. The molecule has 3 aromatic rings. The van der Waals surface area contributed by atoms with Crippen molar-refractivity contribution in [2.24, 2.45) is 7.05 Å². The van der Waals surface area contributed by atoms with E-state index in [0.29, 0.717) is 5.52 Å². The Balaban J connectivity index is 2.02. The molecule has 3 aromatic heterocycles. The molecule has 1 saturated carbocycles. The maximum atomic E-state index is 13.1. The molecule has 0 atom stereocenters. The smallest absolute Gasteiger partial charge is 0.278 e. The molecule has 0 amide bonds. The van der Waals surface area contributed by atoms with Crippen molar-refractivity contribution in [2.45, 2.75) is 38.1 Å². The third kappa shape index (κ3) is 2.04. The van der Waals surface area contributed by atoms with Gasteiger partial charge in [-0.3, -0.25) is 9.36 Å². The summed E-state index contributed by atoms with van der Waals surface area (Å²) in [5, 5.41) is 4.09. The number of nitrogens with zero attached hydrogens (tertiary/aromatic N) is 4. The summed E-state index contributed by atoms with van der Waals surface area (Å²) in [6.45, 7) is 0. The molecular weight excluding hydrogens is 290 g/mol. The molecule has 4 rings (SSSR count). The number of hydrogen-bond donors (Lipinski definition) is 1. The second kappa shape index (κ2) is 5.37. The predicted molar refractivity (Wildman–Crippen MR) is 91.9 cm³/mol. The third-order valence-electron chi connectivity index (χ3n) is 5.03. The van der Waals surface area contributed by atoms with Crippen LogP contribution in [0, 0.1) is 0 Å². The fraction of sp³-hybridized carbons (Fsp3) is 0.471. The average molecular weight is 311 g/mol. The number of aryl methyl sites for hydroxylation is 1. The Morgan fingerprint density at radius 1 is 1.22 bits per heavy atom. The summed E-state index contributed by atoms with van der Waals surface area (Å²) < 4.78 is 3.71. The number of pyridine rings is 1. The van der Waals surface area contributed by atoms with E-state index >= 15 is 0 Å². The molecule has 3 heterocycles. The van der Waals surface area contributed by atoms with Crippen LogP contribution in [0.5, 0.6) is 0 Å². The number of hydrogen-bond acceptors (Lipinski definition) is 4. The van der Waals surface area contributed by atoms with Crippen LogP contribution in [0.4, 0.5) is 5.69 Å². The molecule has 1 aliphatic carbocycles. The molecule has 23 heavy (non-hydrogen) atoms. The molecular formula is C17H21N5O. The van der Waals surface area contributed by atoms with E-state index in [-0.39, 0.29) is 11.6 Å². The van der Waals surface area contributed by atoms with Crippen LogP contribution in [-0.2, 0) is 7.05 Å². The first-order chi connectivity index (χ1) is 11.2. The first-order valence-electron chi connectivity index (χ1n) is 8.24. The Bertz CT molecular complexity index is 933. The van der Waals surface area contributed by atoms with E-state index in [2.05, 4.69) is 15.3 Å². The van der Waals surface area contributed by atoms with Gasteiger partial charge in [-0.05, 0) is 18.9 Å². The van der Waals surface area contributed by atoms with Crippen molar-refractivity contribution in [3.63, 3.8) is 0 Å². The van der Waals surface area contributed by atoms with Crippen molar-refractivity contribution in [2.75, 3.05) is 12.4 Å². The van der Waals surface area contributed by atoms with Crippen LogP contribution in [-0.4, -0.2) is 26.1 Å². The van der Waals surface area contributed by atoms with E-state index in [0.717, 1.165) is 35.1 Å². The van der Waals surface area contributed by atoms with E-state index in [4.69, 9.17) is 0 Å². The molecule has 0 aromatic carbocycles. The van der Waals surface area contributed by atoms with Crippen LogP contribution >= 0.6 is 0 Å². The van der Waals surface area contributed by atoms with Crippen molar-refractivity contribution < 1.29 is 0 Å². The van der Waals surface area contributed by atoms with Crippen molar-refractivity contribution in [3.05, 3.63) is 28.9 Å². The minimum atomic E-state index is 0.0458. The zero-order chi connectivity index (χ0) is 16.0. The van der Waals surface area contributed by atoms with E-state index in [1.165, 1.54) is 19.3 Å². The van der Waals surface area contributed by atoms with E-state index in [1.54, 1.807) is 12.5 Å². The highest BCUT2D eigenvalue weighted by Gasteiger charge is 2.21. The van der Waals surface area contributed by atoms with Gasteiger partial charge in [-0.2, -0.15) is 0 Å². The second-order valence-corrected chi connectivity index (χ2v) is 6.31. The molecule has 0 bridgehead atoms. The van der Waals surface area contributed by atoms with Crippen LogP contribution in [0.1, 0.15) is 38.1 Å². The van der Waals surface area contributed by atoms with Gasteiger partial charge in [0.15, 0.2) is 0 Å². The lowest BCUT2D eigenvalue weighted by Gasteiger charge is -2.23. The van der Waals surface area contributed by atoms with E-state index < -0.39 is 0 Å². The van der Waals surface area contributed by atoms with Crippen molar-refractivity contribution in [1.82, 2.24) is 19.1 Å². The maximum Gasteiger partial charge on any atom is 0.278 e. The molecule has 6 nitrogen and oxygen atoms in total. The Morgan fingerprint density at radius 3 is 2.74 bits per heavy atom. The van der Waals surface area contributed by atoms with E-state index in [9.17, 15) is 4.79 Å². The summed E-state index contributed by atoms with van der Waals surface area (Å²) >= 11 is 0. The molecule has 6 heteroatoms. The van der Waals surface area contributed by atoms with Gasteiger partial charge in [-0.1, -0.05) is 19.3 Å². The molecule has 1 fully saturated rings. The highest BCUT2D eigenvalue weighted by Crippen LogP contribution is 2.31. The van der Waals surface area contributed by atoms with Crippen LogP contribution in [0.2, 0.25) is 0 Å². The predicted octanol–water partition coefficient (Wildman–Crippen LogP) is 2.83. The standard InChI is InChI=1S/C17H21N5O/c1-18-12-8-9-19-16-13(12)14-15(21(16)2)17(23)22(10-20-14)11-6-4-3-5-7-11/h8-11H,3-7H2,1-2H3,(H,18,19). The monoisotopic (exact) mass is 311 g/mol.